The summed E-state index contributed by atoms with van der Waals surface area (Å²) in [4.78, 5) is 12.7. The van der Waals surface area contributed by atoms with E-state index in [9.17, 15) is 15.2 Å². The van der Waals surface area contributed by atoms with E-state index < -0.39 is 11.0 Å². The van der Waals surface area contributed by atoms with Crippen LogP contribution in [-0.2, 0) is 0 Å². The molecule has 2 unspecified atom stereocenters. The normalized spacial score (nSPS) is 13.7. The molecule has 0 amide bonds. The first-order valence-electron chi connectivity index (χ1n) is 5.43. The number of hydrogen-bond donors (Lipinski definition) is 1. The number of rotatable bonds is 5. The third kappa shape index (κ3) is 3.18. The molecule has 1 heterocycles. The number of aliphatic hydroxyl groups excluding tert-OH is 1. The van der Waals surface area contributed by atoms with Gasteiger partial charge < -0.3 is 10.0 Å². The highest BCUT2D eigenvalue weighted by Gasteiger charge is 2.24. The van der Waals surface area contributed by atoms with Gasteiger partial charge in [0.05, 0.1) is 23.0 Å². The van der Waals surface area contributed by atoms with E-state index in [-0.39, 0.29) is 11.6 Å². The van der Waals surface area contributed by atoms with E-state index in [1.807, 2.05) is 0 Å². The predicted octanol–water partition coefficient (Wildman–Crippen LogP) is 2.31. The minimum Gasteiger partial charge on any atom is -0.388 e. The van der Waals surface area contributed by atoms with Gasteiger partial charge in [0.25, 0.3) is 0 Å². The molecule has 0 radical (unpaired) electrons. The van der Waals surface area contributed by atoms with Crippen LogP contribution in [-0.4, -0.2) is 23.6 Å². The molecule has 0 bridgehead atoms. The monoisotopic (exact) mass is 269 g/mol. The van der Waals surface area contributed by atoms with Gasteiger partial charge in [-0.05, 0) is 13.8 Å². The van der Waals surface area contributed by atoms with Crippen LogP contribution in [0.25, 0.3) is 0 Å². The zero-order valence-electron chi connectivity index (χ0n) is 10.5. The molecule has 0 saturated carbocycles. The minimum atomic E-state index is -0.732. The Hall–Kier alpha value is -1.65. The molecule has 1 aromatic heterocycles. The van der Waals surface area contributed by atoms with Crippen molar-refractivity contribution in [3.63, 3.8) is 0 Å². The summed E-state index contributed by atoms with van der Waals surface area (Å²) < 4.78 is 0. The first-order chi connectivity index (χ1) is 8.36. The van der Waals surface area contributed by atoms with Crippen molar-refractivity contribution in [3.05, 3.63) is 21.1 Å². The van der Waals surface area contributed by atoms with Crippen LogP contribution in [0.15, 0.2) is 6.07 Å². The molecule has 98 valence electrons. The summed E-state index contributed by atoms with van der Waals surface area (Å²) in [6.07, 6.45) is -0.732. The lowest BCUT2D eigenvalue weighted by Crippen LogP contribution is -2.22. The van der Waals surface area contributed by atoms with Crippen molar-refractivity contribution in [3.8, 4) is 6.07 Å². The zero-order valence-corrected chi connectivity index (χ0v) is 11.3. The fourth-order valence-corrected chi connectivity index (χ4v) is 2.57. The van der Waals surface area contributed by atoms with Crippen LogP contribution in [0, 0.1) is 27.4 Å². The number of nitrogens with zero attached hydrogens (tertiary/aromatic N) is 3. The molecular weight excluding hydrogens is 254 g/mol. The Morgan fingerprint density at radius 1 is 1.67 bits per heavy atom. The van der Waals surface area contributed by atoms with Gasteiger partial charge in [-0.3, -0.25) is 10.1 Å². The molecule has 0 spiro atoms. The van der Waals surface area contributed by atoms with Crippen LogP contribution < -0.4 is 4.90 Å². The highest BCUT2D eigenvalue weighted by Crippen LogP contribution is 2.39. The molecule has 0 aliphatic rings. The number of thiophene rings is 1. The molecule has 1 aromatic rings. The van der Waals surface area contributed by atoms with Gasteiger partial charge in [-0.2, -0.15) is 5.26 Å². The summed E-state index contributed by atoms with van der Waals surface area (Å²) in [7, 11) is 1.71. The van der Waals surface area contributed by atoms with E-state index in [0.29, 0.717) is 16.4 Å². The second-order valence-electron chi connectivity index (χ2n) is 4.18. The highest BCUT2D eigenvalue weighted by molar-refractivity contribution is 7.16. The Bertz CT molecular complexity index is 478. The molecule has 7 heteroatoms. The van der Waals surface area contributed by atoms with Gasteiger partial charge in [0.2, 0.25) is 0 Å². The van der Waals surface area contributed by atoms with Crippen molar-refractivity contribution >= 4 is 22.0 Å². The fourth-order valence-electron chi connectivity index (χ4n) is 1.53. The van der Waals surface area contributed by atoms with Crippen LogP contribution in [0.5, 0.6) is 0 Å². The zero-order chi connectivity index (χ0) is 13.9. The maximum absolute atomic E-state index is 11.0. The lowest BCUT2D eigenvalue weighted by molar-refractivity contribution is -0.383. The SMILES string of the molecule is CC(C#N)CN(C)c1sc(C(C)O)cc1[N+](=O)[O-]. The van der Waals surface area contributed by atoms with Crippen LogP contribution >= 0.6 is 11.3 Å². The molecule has 1 N–H and O–H groups in total. The molecule has 6 nitrogen and oxygen atoms in total. The van der Waals surface area contributed by atoms with Gasteiger partial charge >= 0.3 is 5.69 Å². The summed E-state index contributed by atoms with van der Waals surface area (Å²) >= 11 is 1.18. The summed E-state index contributed by atoms with van der Waals surface area (Å²) in [5.41, 5.74) is -0.0245. The average molecular weight is 269 g/mol. The maximum atomic E-state index is 11.0. The van der Waals surface area contributed by atoms with Gasteiger partial charge in [0.1, 0.15) is 0 Å². The largest absolute Gasteiger partial charge is 0.388 e. The topological polar surface area (TPSA) is 90.4 Å². The Labute approximate surface area is 109 Å². The molecular formula is C11H15N3O3S. The van der Waals surface area contributed by atoms with Gasteiger partial charge in [-0.25, -0.2) is 0 Å². The van der Waals surface area contributed by atoms with E-state index in [4.69, 9.17) is 5.26 Å². The van der Waals surface area contributed by atoms with E-state index >= 15 is 0 Å². The quantitative estimate of drug-likeness (QED) is 0.654. The van der Waals surface area contributed by atoms with Crippen LogP contribution in [0.3, 0.4) is 0 Å². The van der Waals surface area contributed by atoms with Crippen molar-refractivity contribution in [1.29, 1.82) is 5.26 Å². The molecule has 0 saturated heterocycles. The Kier molecular flexibility index (Phi) is 4.64. The van der Waals surface area contributed by atoms with Gasteiger partial charge in [0.15, 0.2) is 5.00 Å². The second-order valence-corrected chi connectivity index (χ2v) is 5.25. The molecule has 0 aliphatic heterocycles. The number of aliphatic hydroxyl groups is 1. The molecule has 0 aliphatic carbocycles. The van der Waals surface area contributed by atoms with E-state index in [0.717, 1.165) is 0 Å². The van der Waals surface area contributed by atoms with Gasteiger partial charge in [-0.15, -0.1) is 11.3 Å². The first-order valence-corrected chi connectivity index (χ1v) is 6.25. The maximum Gasteiger partial charge on any atom is 0.304 e. The Morgan fingerprint density at radius 2 is 2.28 bits per heavy atom. The van der Waals surface area contributed by atoms with Gasteiger partial charge in [-0.1, -0.05) is 0 Å². The Balaban J connectivity index is 3.06. The number of hydrogen-bond acceptors (Lipinski definition) is 6. The standard InChI is InChI=1S/C11H15N3O3S/c1-7(5-12)6-13(3)11-9(14(16)17)4-10(18-11)8(2)15/h4,7-8,15H,6H2,1-3H3. The summed E-state index contributed by atoms with van der Waals surface area (Å²) in [6, 6.07) is 3.47. The summed E-state index contributed by atoms with van der Waals surface area (Å²) in [5, 5.41) is 29.7. The van der Waals surface area contributed by atoms with Crippen LogP contribution in [0.4, 0.5) is 10.7 Å². The molecule has 2 atom stereocenters. The summed E-state index contributed by atoms with van der Waals surface area (Å²) in [5.74, 6) is -0.216. The minimum absolute atomic E-state index is 0.0245. The first kappa shape index (κ1) is 14.4. The second kappa shape index (κ2) is 5.80. The van der Waals surface area contributed by atoms with Crippen LogP contribution in [0.1, 0.15) is 24.8 Å². The lowest BCUT2D eigenvalue weighted by Gasteiger charge is -2.17. The Morgan fingerprint density at radius 3 is 2.72 bits per heavy atom. The molecule has 1 rings (SSSR count). The molecule has 0 fully saturated rings. The average Bonchev–Trinajstić information content (AvgIpc) is 2.73. The third-order valence-electron chi connectivity index (χ3n) is 2.44. The molecule has 0 aromatic carbocycles. The van der Waals surface area contributed by atoms with E-state index in [2.05, 4.69) is 6.07 Å². The smallest absolute Gasteiger partial charge is 0.304 e. The van der Waals surface area contributed by atoms with E-state index in [1.165, 1.54) is 17.4 Å². The van der Waals surface area contributed by atoms with Crippen molar-refractivity contribution < 1.29 is 10.0 Å². The van der Waals surface area contributed by atoms with Crippen molar-refractivity contribution in [2.24, 2.45) is 5.92 Å². The predicted molar refractivity (Wildman–Crippen MR) is 69.7 cm³/mol. The number of nitro groups is 1. The van der Waals surface area contributed by atoms with Crippen molar-refractivity contribution in [1.82, 2.24) is 0 Å². The van der Waals surface area contributed by atoms with Gasteiger partial charge in [0, 0.05) is 24.5 Å². The number of anilines is 1. The summed E-state index contributed by atoms with van der Waals surface area (Å²) in [6.45, 7) is 3.74. The fraction of sp³-hybridized carbons (Fsp3) is 0.545. The van der Waals surface area contributed by atoms with Crippen LogP contribution in [0.2, 0.25) is 0 Å². The number of nitriles is 1. The third-order valence-corrected chi connectivity index (χ3v) is 3.84. The highest BCUT2D eigenvalue weighted by atomic mass is 32.1. The lowest BCUT2D eigenvalue weighted by atomic mass is 10.2. The van der Waals surface area contributed by atoms with E-state index in [1.54, 1.807) is 25.8 Å². The van der Waals surface area contributed by atoms with Crippen molar-refractivity contribution in [2.45, 2.75) is 20.0 Å². The molecule has 18 heavy (non-hydrogen) atoms. The van der Waals surface area contributed by atoms with Crippen molar-refractivity contribution in [2.75, 3.05) is 18.5 Å².